The van der Waals surface area contributed by atoms with E-state index in [9.17, 15) is 27.4 Å². The quantitative estimate of drug-likeness (QED) is 0.166. The fourth-order valence-corrected chi connectivity index (χ4v) is 7.03. The molecule has 0 radical (unpaired) electrons. The van der Waals surface area contributed by atoms with E-state index in [1.165, 1.54) is 0 Å². The molecule has 0 N–H and O–H groups in total. The lowest BCUT2D eigenvalue weighted by atomic mass is 10.00. The lowest BCUT2D eigenvalue weighted by Gasteiger charge is -2.17. The number of fused-ring (bicyclic) bond motifs is 9. The summed E-state index contributed by atoms with van der Waals surface area (Å²) in [5.41, 5.74) is -11.6. The van der Waals surface area contributed by atoms with Crippen molar-refractivity contribution in [1.29, 1.82) is 0 Å². The first-order valence-corrected chi connectivity index (χ1v) is 16.8. The third-order valence-electron chi connectivity index (χ3n) is 9.33. The Kier molecular flexibility index (Phi) is 2.78. The summed E-state index contributed by atoms with van der Waals surface area (Å²) < 4.78 is 324. The Morgan fingerprint density at radius 3 is 1.21 bits per heavy atom. The molecule has 0 saturated carbocycles. The Labute approximate surface area is 378 Å². The molecule has 3 heterocycles. The van der Waals surface area contributed by atoms with Gasteiger partial charge in [-0.05, 0) is 70.6 Å². The minimum Gasteiger partial charge on any atom is -0.307 e. The van der Waals surface area contributed by atoms with Crippen molar-refractivity contribution in [2.45, 2.75) is 0 Å². The third-order valence-corrected chi connectivity index (χ3v) is 9.33. The molecular formula is C54H35N3. The van der Waals surface area contributed by atoms with Gasteiger partial charge in [0.1, 0.15) is 0 Å². The van der Waals surface area contributed by atoms with E-state index in [1.54, 1.807) is 0 Å². The summed E-state index contributed by atoms with van der Waals surface area (Å²) in [4.78, 5) is 0. The molecule has 3 heteroatoms. The van der Waals surface area contributed by atoms with Crippen LogP contribution in [0.2, 0.25) is 0 Å². The number of nitrogens with zero attached hydrogens (tertiary/aromatic N) is 3. The fraction of sp³-hybridized carbons (Fsp3) is 0. The molecule has 0 fully saturated rings. The molecule has 0 unspecified atom stereocenters. The Bertz CT molecular complexity index is 5450. The molecule has 266 valence electrons. The number of benzene rings is 9. The second-order valence-corrected chi connectivity index (χ2v) is 12.3. The monoisotopic (exact) mass is 761 g/mol. The summed E-state index contributed by atoms with van der Waals surface area (Å²) in [5.74, 6) is 0. The van der Waals surface area contributed by atoms with E-state index >= 15 is 0 Å². The van der Waals surface area contributed by atoms with Crippen molar-refractivity contribution in [1.82, 2.24) is 13.7 Å². The lowest BCUT2D eigenvalue weighted by molar-refractivity contribution is 1.11. The molecule has 12 aromatic rings. The highest BCUT2D eigenvalue weighted by molar-refractivity contribution is 6.17. The summed E-state index contributed by atoms with van der Waals surface area (Å²) in [6.07, 6.45) is 0. The van der Waals surface area contributed by atoms with Gasteiger partial charge in [-0.1, -0.05) is 163 Å². The van der Waals surface area contributed by atoms with Crippen molar-refractivity contribution >= 4 is 65.4 Å². The van der Waals surface area contributed by atoms with Crippen LogP contribution in [0.15, 0.2) is 211 Å². The van der Waals surface area contributed by atoms with Gasteiger partial charge in [-0.15, -0.1) is 0 Å². The van der Waals surface area contributed by atoms with Crippen LogP contribution in [-0.2, 0) is 0 Å². The summed E-state index contributed by atoms with van der Waals surface area (Å²) in [6.45, 7) is 0. The SMILES string of the molecule is [2H]c1c([2H])c([2H])c(-c2c([2H])c([2H])c(-c3c([2H])c([2H])c([2H])c(-n4c5c([2H])c([2H])c([2H])c([2H])c5c5c([2H])c([2H])c([2H])c(-n6c7c([2H])c([2H])c([2H])c([2H])c7c7c([2H])c([2H])c([2H])c(-n8c9c([2H])c([2H])c([2H])c([2H])c9c9c([2H])c([2H])c([2H])c([2H])c98)c76)c54)c3[2H])c([2H])c2[2H])c([2H])c1[2H]. The first-order chi connectivity index (χ1) is 42.9. The van der Waals surface area contributed by atoms with Crippen LogP contribution in [0.25, 0.3) is 105 Å². The third kappa shape index (κ3) is 4.73. The Balaban J connectivity index is 1.39. The number of hydrogen-bond acceptors (Lipinski definition) is 0. The molecule has 12 rings (SSSR count). The highest BCUT2D eigenvalue weighted by atomic mass is 15.1. The standard InChI is InChI=1S/C54H35N3/c1-2-15-36(16-3-1)37-31-33-38(34-32-37)39-17-12-18-40(35-39)55-47-25-8-6-21-43(47)45-23-14-30-52(53(45)55)57-50-28-11-7-22-44(50)46-24-13-29-51(54(46)57)56-48-26-9-4-19-41(48)42-20-5-10-27-49(42)56/h1-35H/i1D,2D,3D,4D,5D,6D,7D,8D,9D,10D,11D,12D,13D,14D,15D,16D,17D,18D,19D,20D,21D,22D,23D,24D,25D,26D,27D,28D,29D,30D,31D,32D,33D,34D,35D. The summed E-state index contributed by atoms with van der Waals surface area (Å²) in [5, 5.41) is -4.25. The van der Waals surface area contributed by atoms with Crippen LogP contribution in [-0.4, -0.2) is 13.7 Å². The molecular weight excluding hydrogens is 691 g/mol. The zero-order valence-electron chi connectivity index (χ0n) is 63.3. The Morgan fingerprint density at radius 2 is 0.632 bits per heavy atom. The van der Waals surface area contributed by atoms with E-state index < -0.39 is 316 Å². The molecule has 57 heavy (non-hydrogen) atoms. The summed E-state index contributed by atoms with van der Waals surface area (Å²) in [7, 11) is 0. The maximum Gasteiger partial charge on any atom is 0.0783 e. The van der Waals surface area contributed by atoms with Gasteiger partial charge in [-0.25, -0.2) is 0 Å². The maximum atomic E-state index is 10.1. The van der Waals surface area contributed by atoms with Crippen molar-refractivity contribution in [3.63, 3.8) is 0 Å². The van der Waals surface area contributed by atoms with Gasteiger partial charge in [0.25, 0.3) is 0 Å². The average Bonchev–Trinajstić information content (AvgIpc) is 1.50. The van der Waals surface area contributed by atoms with E-state index in [2.05, 4.69) is 0 Å². The van der Waals surface area contributed by atoms with E-state index in [4.69, 9.17) is 20.6 Å². The molecule has 0 amide bonds. The zero-order valence-corrected chi connectivity index (χ0v) is 28.3. The molecule has 0 bridgehead atoms. The predicted molar refractivity (Wildman–Crippen MR) is 240 cm³/mol. The van der Waals surface area contributed by atoms with E-state index in [0.717, 1.165) is 0 Å². The van der Waals surface area contributed by atoms with Gasteiger partial charge in [0.2, 0.25) is 0 Å². The van der Waals surface area contributed by atoms with Gasteiger partial charge in [-0.3, -0.25) is 0 Å². The van der Waals surface area contributed by atoms with Gasteiger partial charge >= 0.3 is 0 Å². The van der Waals surface area contributed by atoms with Crippen molar-refractivity contribution in [3.8, 4) is 39.3 Å². The molecule has 0 saturated heterocycles. The van der Waals surface area contributed by atoms with Crippen LogP contribution in [0.3, 0.4) is 0 Å². The number of rotatable bonds is 5. The molecule has 0 aliphatic heterocycles. The largest absolute Gasteiger partial charge is 0.307 e. The minimum atomic E-state index is -1.25. The zero-order chi connectivity index (χ0) is 67.9. The van der Waals surface area contributed by atoms with Gasteiger partial charge < -0.3 is 13.7 Å². The van der Waals surface area contributed by atoms with Crippen molar-refractivity contribution in [2.24, 2.45) is 0 Å². The number of para-hydroxylation sites is 6. The number of aromatic nitrogens is 3. The predicted octanol–water partition coefficient (Wildman–Crippen LogP) is 14.3. The van der Waals surface area contributed by atoms with Gasteiger partial charge in [0, 0.05) is 38.0 Å². The number of hydrogen-bond donors (Lipinski definition) is 0. The molecule has 0 spiro atoms. The smallest absolute Gasteiger partial charge is 0.0783 e. The van der Waals surface area contributed by atoms with Crippen LogP contribution in [0.5, 0.6) is 0 Å². The van der Waals surface area contributed by atoms with Crippen LogP contribution < -0.4 is 0 Å². The highest BCUT2D eigenvalue weighted by Crippen LogP contribution is 2.43. The molecule has 0 aliphatic rings. The van der Waals surface area contributed by atoms with Crippen LogP contribution in [0.1, 0.15) is 48.0 Å². The summed E-state index contributed by atoms with van der Waals surface area (Å²) in [6, 6.07) is -36.7. The van der Waals surface area contributed by atoms with Crippen LogP contribution in [0, 0.1) is 0 Å². The molecule has 0 aliphatic carbocycles. The molecule has 0 atom stereocenters. The second-order valence-electron chi connectivity index (χ2n) is 12.3. The fourth-order valence-electron chi connectivity index (χ4n) is 7.03. The van der Waals surface area contributed by atoms with Gasteiger partial charge in [0.05, 0.1) is 92.5 Å². The van der Waals surface area contributed by atoms with E-state index in [1.807, 2.05) is 0 Å². The van der Waals surface area contributed by atoms with Crippen LogP contribution in [0.4, 0.5) is 0 Å². The Morgan fingerprint density at radius 1 is 0.263 bits per heavy atom. The molecule has 9 aromatic carbocycles. The average molecular weight is 761 g/mol. The normalized spacial score (nSPS) is 20.5. The van der Waals surface area contributed by atoms with Crippen molar-refractivity contribution in [2.75, 3.05) is 0 Å². The minimum absolute atomic E-state index is 0.592. The van der Waals surface area contributed by atoms with Gasteiger partial charge in [0.15, 0.2) is 0 Å². The first kappa shape index (κ1) is 12.7. The van der Waals surface area contributed by atoms with Crippen LogP contribution >= 0.6 is 0 Å². The topological polar surface area (TPSA) is 14.8 Å². The van der Waals surface area contributed by atoms with Gasteiger partial charge in [-0.2, -0.15) is 0 Å². The van der Waals surface area contributed by atoms with Crippen molar-refractivity contribution < 1.29 is 48.0 Å². The van der Waals surface area contributed by atoms with Crippen molar-refractivity contribution in [3.05, 3.63) is 211 Å². The summed E-state index contributed by atoms with van der Waals surface area (Å²) >= 11 is 0. The lowest BCUT2D eigenvalue weighted by Crippen LogP contribution is -2.03. The maximum absolute atomic E-state index is 10.1. The first-order valence-electron chi connectivity index (χ1n) is 34.3. The van der Waals surface area contributed by atoms with E-state index in [0.29, 0.717) is 13.7 Å². The second kappa shape index (κ2) is 12.5. The highest BCUT2D eigenvalue weighted by Gasteiger charge is 2.23. The Hall–Kier alpha value is -7.62. The molecule has 3 aromatic heterocycles. The molecule has 3 nitrogen and oxygen atoms in total. The van der Waals surface area contributed by atoms with E-state index in [-0.39, 0.29) is 0 Å².